The largest absolute Gasteiger partial charge is 0.499 e. The third kappa shape index (κ3) is 4.70. The zero-order valence-corrected chi connectivity index (χ0v) is 10.5. The maximum Gasteiger partial charge on any atom is 0.499 e. The second kappa shape index (κ2) is 6.57. The molecule has 0 fully saturated rings. The topological polar surface area (TPSA) is 21.3 Å². The van der Waals surface area contributed by atoms with Crippen LogP contribution in [0.3, 0.4) is 0 Å². The minimum atomic E-state index is -5.75. The van der Waals surface area contributed by atoms with Crippen LogP contribution in [0.25, 0.3) is 0 Å². The van der Waals surface area contributed by atoms with E-state index in [0.29, 0.717) is 18.5 Å². The van der Waals surface area contributed by atoms with Gasteiger partial charge >= 0.3 is 12.3 Å². The highest BCUT2D eigenvalue weighted by Crippen LogP contribution is 2.37. The van der Waals surface area contributed by atoms with E-state index in [1.54, 1.807) is 7.05 Å². The first-order valence-electron chi connectivity index (χ1n) is 5.63. The monoisotopic (exact) mass is 293 g/mol. The van der Waals surface area contributed by atoms with Gasteiger partial charge in [-0.05, 0) is 31.3 Å². The average Bonchev–Trinajstić information content (AvgIpc) is 2.35. The highest BCUT2D eigenvalue weighted by molar-refractivity contribution is 5.38. The van der Waals surface area contributed by atoms with E-state index >= 15 is 0 Å². The van der Waals surface area contributed by atoms with E-state index in [4.69, 9.17) is 0 Å². The van der Waals surface area contributed by atoms with E-state index in [2.05, 4.69) is 21.9 Å². The molecule has 0 aliphatic heterocycles. The molecule has 1 rings (SSSR count). The summed E-state index contributed by atoms with van der Waals surface area (Å²) < 4.78 is 64.7. The first kappa shape index (κ1) is 16.2. The number of nitrogens with one attached hydrogen (secondary N) is 1. The van der Waals surface area contributed by atoms with Crippen molar-refractivity contribution in [2.24, 2.45) is 0 Å². The highest BCUT2D eigenvalue weighted by Gasteiger charge is 2.61. The molecule has 0 unspecified atom stereocenters. The van der Waals surface area contributed by atoms with Crippen molar-refractivity contribution in [1.29, 1.82) is 0 Å². The third-order valence-corrected chi connectivity index (χ3v) is 2.16. The number of hydrogen-bond acceptors (Lipinski definition) is 2. The summed E-state index contributed by atoms with van der Waals surface area (Å²) in [7, 11) is 1.77. The molecule has 2 nitrogen and oxygen atoms in total. The summed E-state index contributed by atoms with van der Waals surface area (Å²) in [5.41, 5.74) is 0.503. The number of rotatable bonds is 4. The second-order valence-electron chi connectivity index (χ2n) is 3.80. The van der Waals surface area contributed by atoms with Crippen LogP contribution in [0.1, 0.15) is 12.0 Å². The van der Waals surface area contributed by atoms with Crippen LogP contribution >= 0.6 is 0 Å². The van der Waals surface area contributed by atoms with Gasteiger partial charge in [-0.2, -0.15) is 22.0 Å². The fourth-order valence-electron chi connectivity index (χ4n) is 1.16. The van der Waals surface area contributed by atoms with Crippen molar-refractivity contribution in [2.75, 3.05) is 13.6 Å². The smallest absolute Gasteiger partial charge is 0.426 e. The zero-order chi connectivity index (χ0) is 15.2. The van der Waals surface area contributed by atoms with Crippen LogP contribution in [0.4, 0.5) is 22.0 Å². The van der Waals surface area contributed by atoms with Crippen molar-refractivity contribution in [3.63, 3.8) is 0 Å². The number of benzene rings is 1. The Kier molecular flexibility index (Phi) is 5.34. The fourth-order valence-corrected chi connectivity index (χ4v) is 1.16. The van der Waals surface area contributed by atoms with Gasteiger partial charge in [0, 0.05) is 18.5 Å². The maximum absolute atomic E-state index is 12.6. The summed E-state index contributed by atoms with van der Waals surface area (Å²) in [6.07, 6.45) is -10.4. The quantitative estimate of drug-likeness (QED) is 0.523. The van der Waals surface area contributed by atoms with Crippen molar-refractivity contribution >= 4 is 0 Å². The van der Waals surface area contributed by atoms with Crippen molar-refractivity contribution in [3.8, 4) is 17.6 Å². The Bertz CT molecular complexity index is 484. The summed E-state index contributed by atoms with van der Waals surface area (Å²) in [6.45, 7) is 0.700. The Balaban J connectivity index is 2.69. The molecular weight excluding hydrogens is 281 g/mol. The van der Waals surface area contributed by atoms with Gasteiger partial charge in [0.1, 0.15) is 5.75 Å². The van der Waals surface area contributed by atoms with Crippen LogP contribution in [0.2, 0.25) is 0 Å². The normalized spacial score (nSPS) is 11.7. The molecule has 0 saturated heterocycles. The van der Waals surface area contributed by atoms with Gasteiger partial charge in [0.2, 0.25) is 0 Å². The molecule has 1 aromatic rings. The van der Waals surface area contributed by atoms with E-state index in [1.165, 1.54) is 12.1 Å². The van der Waals surface area contributed by atoms with Gasteiger partial charge < -0.3 is 10.1 Å². The number of ether oxygens (including phenoxy) is 1. The minimum absolute atomic E-state index is 0.503. The minimum Gasteiger partial charge on any atom is -0.426 e. The summed E-state index contributed by atoms with van der Waals surface area (Å²) in [5.74, 6) is 4.98. The van der Waals surface area contributed by atoms with Gasteiger partial charge in [-0.3, -0.25) is 0 Å². The van der Waals surface area contributed by atoms with Crippen molar-refractivity contribution in [1.82, 2.24) is 5.32 Å². The first-order chi connectivity index (χ1) is 9.26. The predicted octanol–water partition coefficient (Wildman–Crippen LogP) is 3.18. The molecule has 0 saturated carbocycles. The second-order valence-corrected chi connectivity index (χ2v) is 3.80. The predicted molar refractivity (Wildman–Crippen MR) is 63.5 cm³/mol. The molecule has 0 aromatic heterocycles. The molecule has 0 spiro atoms. The van der Waals surface area contributed by atoms with E-state index in [-0.39, 0.29) is 0 Å². The van der Waals surface area contributed by atoms with Crippen LogP contribution < -0.4 is 10.1 Å². The Labute approximate surface area is 112 Å². The Morgan fingerprint density at radius 2 is 1.70 bits per heavy atom. The molecule has 0 aliphatic carbocycles. The van der Waals surface area contributed by atoms with Crippen molar-refractivity contribution < 1.29 is 26.7 Å². The number of alkyl halides is 5. The SMILES string of the molecule is CNCCC#Cc1ccc(OC(F)(F)C(F)(F)F)cc1. The molecule has 110 valence electrons. The lowest BCUT2D eigenvalue weighted by Gasteiger charge is -2.20. The summed E-state index contributed by atoms with van der Waals surface area (Å²) in [6, 6.07) is 4.66. The summed E-state index contributed by atoms with van der Waals surface area (Å²) >= 11 is 0. The molecule has 0 atom stereocenters. The summed E-state index contributed by atoms with van der Waals surface area (Å²) in [5, 5.41) is 2.89. The van der Waals surface area contributed by atoms with Crippen LogP contribution in [0, 0.1) is 11.8 Å². The maximum atomic E-state index is 12.6. The lowest BCUT2D eigenvalue weighted by atomic mass is 10.2. The average molecular weight is 293 g/mol. The Morgan fingerprint density at radius 3 is 2.20 bits per heavy atom. The molecule has 0 aliphatic rings. The lowest BCUT2D eigenvalue weighted by molar-refractivity contribution is -0.360. The molecule has 1 N–H and O–H groups in total. The Morgan fingerprint density at radius 1 is 1.10 bits per heavy atom. The van der Waals surface area contributed by atoms with Crippen LogP contribution in [-0.4, -0.2) is 25.9 Å². The van der Waals surface area contributed by atoms with E-state index in [0.717, 1.165) is 12.1 Å². The first-order valence-corrected chi connectivity index (χ1v) is 5.63. The third-order valence-electron chi connectivity index (χ3n) is 2.16. The van der Waals surface area contributed by atoms with Crippen molar-refractivity contribution in [3.05, 3.63) is 29.8 Å². The van der Waals surface area contributed by atoms with Crippen molar-refractivity contribution in [2.45, 2.75) is 18.7 Å². The standard InChI is InChI=1S/C13H12F5NO/c1-19-9-3-2-4-10-5-7-11(8-6-10)20-13(17,18)12(14,15)16/h5-8,19H,3,9H2,1H3. The van der Waals surface area contributed by atoms with Crippen LogP contribution in [0.5, 0.6) is 5.75 Å². The van der Waals surface area contributed by atoms with Gasteiger partial charge in [-0.25, -0.2) is 0 Å². The molecular formula is C13H12F5NO. The molecule has 7 heteroatoms. The van der Waals surface area contributed by atoms with Gasteiger partial charge in [0.15, 0.2) is 0 Å². The number of halogens is 5. The van der Waals surface area contributed by atoms with Crippen LogP contribution in [0.15, 0.2) is 24.3 Å². The van der Waals surface area contributed by atoms with Crippen LogP contribution in [-0.2, 0) is 0 Å². The molecule has 0 bridgehead atoms. The molecule has 20 heavy (non-hydrogen) atoms. The molecule has 1 aromatic carbocycles. The fraction of sp³-hybridized carbons (Fsp3) is 0.385. The molecule has 0 heterocycles. The van der Waals surface area contributed by atoms with E-state index < -0.39 is 18.0 Å². The Hall–Kier alpha value is -1.81. The van der Waals surface area contributed by atoms with Gasteiger partial charge in [-0.1, -0.05) is 11.8 Å². The number of hydrogen-bond donors (Lipinski definition) is 1. The van der Waals surface area contributed by atoms with E-state index in [1.807, 2.05) is 0 Å². The summed E-state index contributed by atoms with van der Waals surface area (Å²) in [4.78, 5) is 0. The van der Waals surface area contributed by atoms with E-state index in [9.17, 15) is 22.0 Å². The highest BCUT2D eigenvalue weighted by atomic mass is 19.4. The van der Waals surface area contributed by atoms with Gasteiger partial charge in [-0.15, -0.1) is 0 Å². The lowest BCUT2D eigenvalue weighted by Crippen LogP contribution is -2.41. The zero-order valence-electron chi connectivity index (χ0n) is 10.5. The van der Waals surface area contributed by atoms with Gasteiger partial charge in [0.05, 0.1) is 0 Å². The molecule has 0 amide bonds. The molecule has 0 radical (unpaired) electrons. The van der Waals surface area contributed by atoms with Gasteiger partial charge in [0.25, 0.3) is 0 Å².